The highest BCUT2D eigenvalue weighted by Crippen LogP contribution is 2.24. The maximum absolute atomic E-state index is 5.33. The van der Waals surface area contributed by atoms with Crippen molar-refractivity contribution < 1.29 is 4.52 Å². The number of nitrogens with one attached hydrogen (secondary N) is 1. The topological polar surface area (TPSA) is 81.7 Å². The van der Waals surface area contributed by atoms with Crippen molar-refractivity contribution in [1.82, 2.24) is 25.4 Å². The highest BCUT2D eigenvalue weighted by molar-refractivity contribution is 5.49. The molecule has 0 atom stereocenters. The molecule has 0 bridgehead atoms. The van der Waals surface area contributed by atoms with Crippen LogP contribution in [0.4, 0.5) is 5.82 Å². The number of nitrogens with zero attached hydrogens (tertiary/aromatic N) is 5. The zero-order valence-electron chi connectivity index (χ0n) is 14.2. The van der Waals surface area contributed by atoms with Gasteiger partial charge in [0.05, 0.1) is 5.69 Å². The van der Waals surface area contributed by atoms with E-state index in [1.165, 1.54) is 5.56 Å². The zero-order chi connectivity index (χ0) is 17.2. The number of aryl methyl sites for hydroxylation is 1. The average molecular weight is 324 g/mol. The summed E-state index contributed by atoms with van der Waals surface area (Å²) in [6.45, 7) is 8.26. The third-order valence-corrected chi connectivity index (χ3v) is 3.49. The highest BCUT2D eigenvalue weighted by Gasteiger charge is 2.19. The van der Waals surface area contributed by atoms with Crippen LogP contribution in [0.5, 0.6) is 0 Å². The maximum atomic E-state index is 5.33. The summed E-state index contributed by atoms with van der Waals surface area (Å²) >= 11 is 0. The molecule has 0 saturated heterocycles. The second kappa shape index (κ2) is 6.27. The van der Waals surface area contributed by atoms with Crippen molar-refractivity contribution in [3.63, 3.8) is 0 Å². The Morgan fingerprint density at radius 3 is 2.58 bits per heavy atom. The van der Waals surface area contributed by atoms with Crippen LogP contribution in [0, 0.1) is 6.92 Å². The molecule has 2 aromatic heterocycles. The van der Waals surface area contributed by atoms with Gasteiger partial charge in [0.15, 0.2) is 11.6 Å². The third-order valence-electron chi connectivity index (χ3n) is 3.49. The van der Waals surface area contributed by atoms with Crippen molar-refractivity contribution in [3.8, 4) is 5.69 Å². The molecule has 7 nitrogen and oxygen atoms in total. The van der Waals surface area contributed by atoms with Gasteiger partial charge in [-0.2, -0.15) is 4.68 Å². The molecule has 24 heavy (non-hydrogen) atoms. The Morgan fingerprint density at radius 1 is 1.17 bits per heavy atom. The van der Waals surface area contributed by atoms with Crippen LogP contribution in [0.1, 0.15) is 37.9 Å². The molecule has 0 aliphatic heterocycles. The predicted octanol–water partition coefficient (Wildman–Crippen LogP) is 3.34. The lowest BCUT2D eigenvalue weighted by Crippen LogP contribution is -2.09. The normalized spacial score (nSPS) is 12.0. The summed E-state index contributed by atoms with van der Waals surface area (Å²) in [5.41, 5.74) is 2.01. The van der Waals surface area contributed by atoms with Gasteiger partial charge in [0.25, 0.3) is 0 Å². The molecule has 7 heteroatoms. The first kappa shape index (κ1) is 15.9. The van der Waals surface area contributed by atoms with E-state index in [9.17, 15) is 0 Å². The second-order valence-corrected chi connectivity index (χ2v) is 6.59. The predicted molar refractivity (Wildman–Crippen MR) is 91.8 cm³/mol. The smallest absolute Gasteiger partial charge is 0.181 e. The molecule has 0 spiro atoms. The third kappa shape index (κ3) is 3.51. The molecule has 0 radical (unpaired) electrons. The van der Waals surface area contributed by atoms with Crippen LogP contribution in [0.15, 0.2) is 41.1 Å². The molecule has 0 amide bonds. The second-order valence-electron chi connectivity index (χ2n) is 6.59. The Morgan fingerprint density at radius 2 is 1.92 bits per heavy atom. The first-order valence-electron chi connectivity index (χ1n) is 7.69. The fraction of sp³-hybridized carbons (Fsp3) is 0.294. The number of benzene rings is 1. The first-order chi connectivity index (χ1) is 11.4. The van der Waals surface area contributed by atoms with Gasteiger partial charge in [-0.05, 0) is 29.5 Å². The van der Waals surface area contributed by atoms with Gasteiger partial charge in [-0.25, -0.2) is 0 Å². The molecule has 1 N–H and O–H groups in total. The van der Waals surface area contributed by atoms with E-state index >= 15 is 0 Å². The highest BCUT2D eigenvalue weighted by atomic mass is 16.5. The molecule has 0 fully saturated rings. The molecule has 124 valence electrons. The van der Waals surface area contributed by atoms with Crippen LogP contribution in [0.2, 0.25) is 0 Å². The van der Waals surface area contributed by atoms with Crippen LogP contribution >= 0.6 is 0 Å². The van der Waals surface area contributed by atoms with Crippen LogP contribution in [-0.4, -0.2) is 25.4 Å². The van der Waals surface area contributed by atoms with Crippen LogP contribution in [-0.2, 0) is 5.41 Å². The monoisotopic (exact) mass is 324 g/mol. The largest absolute Gasteiger partial charge is 0.359 e. The molecule has 0 aliphatic rings. The summed E-state index contributed by atoms with van der Waals surface area (Å²) in [7, 11) is 0. The van der Waals surface area contributed by atoms with Crippen molar-refractivity contribution in [3.05, 3.63) is 53.7 Å². The van der Waals surface area contributed by atoms with Gasteiger partial charge in [0.2, 0.25) is 0 Å². The van der Waals surface area contributed by atoms with Crippen LogP contribution in [0.25, 0.3) is 11.8 Å². The van der Waals surface area contributed by atoms with Crippen molar-refractivity contribution in [2.45, 2.75) is 33.1 Å². The van der Waals surface area contributed by atoms with Gasteiger partial charge in [-0.1, -0.05) is 43.6 Å². The summed E-state index contributed by atoms with van der Waals surface area (Å²) in [6, 6.07) is 9.87. The van der Waals surface area contributed by atoms with Gasteiger partial charge in [-0.15, -0.1) is 5.10 Å². The summed E-state index contributed by atoms with van der Waals surface area (Å²) in [5.74, 6) is 2.08. The molecule has 3 rings (SSSR count). The number of aromatic nitrogens is 5. The van der Waals surface area contributed by atoms with E-state index in [4.69, 9.17) is 4.52 Å². The maximum Gasteiger partial charge on any atom is 0.181 e. The molecule has 2 heterocycles. The van der Waals surface area contributed by atoms with E-state index in [0.717, 1.165) is 11.4 Å². The summed E-state index contributed by atoms with van der Waals surface area (Å²) in [5, 5.41) is 18.8. The molecular weight excluding hydrogens is 304 g/mol. The van der Waals surface area contributed by atoms with Crippen LogP contribution in [0.3, 0.4) is 0 Å². The summed E-state index contributed by atoms with van der Waals surface area (Å²) in [6.07, 6.45) is 3.52. The minimum Gasteiger partial charge on any atom is -0.359 e. The van der Waals surface area contributed by atoms with Crippen molar-refractivity contribution in [1.29, 1.82) is 0 Å². The number of hydrogen-bond donors (Lipinski definition) is 1. The molecule has 3 aromatic rings. The average Bonchev–Trinajstić information content (AvgIpc) is 3.17. The lowest BCUT2D eigenvalue weighted by molar-refractivity contribution is 0.331. The fourth-order valence-electron chi connectivity index (χ4n) is 2.07. The zero-order valence-corrected chi connectivity index (χ0v) is 14.2. The van der Waals surface area contributed by atoms with Gasteiger partial charge in [-0.3, -0.25) is 0 Å². The van der Waals surface area contributed by atoms with Gasteiger partial charge >= 0.3 is 0 Å². The van der Waals surface area contributed by atoms with E-state index < -0.39 is 0 Å². The SMILES string of the molecule is Cc1ccc(-n2nnnc2/C=C/Nc2cc(C(C)(C)C)on2)cc1. The lowest BCUT2D eigenvalue weighted by Gasteiger charge is -2.11. The standard InChI is InChI=1S/C17H20N6O/c1-12-5-7-13(8-6-12)23-16(19-21-22-23)9-10-18-15-11-14(24-20-15)17(2,3)4/h5-11H,1-4H3,(H,18,20)/b10-9+. The Labute approximate surface area is 140 Å². The van der Waals surface area contributed by atoms with Crippen molar-refractivity contribution >= 4 is 11.9 Å². The van der Waals surface area contributed by atoms with E-state index in [1.54, 1.807) is 17.0 Å². The molecule has 1 aromatic carbocycles. The quantitative estimate of drug-likeness (QED) is 0.792. The first-order valence-corrected chi connectivity index (χ1v) is 7.69. The summed E-state index contributed by atoms with van der Waals surface area (Å²) in [4.78, 5) is 0. The minimum atomic E-state index is -0.0772. The number of tetrazole rings is 1. The lowest BCUT2D eigenvalue weighted by atomic mass is 9.93. The number of rotatable bonds is 4. The Bertz CT molecular complexity index is 839. The number of hydrogen-bond acceptors (Lipinski definition) is 6. The van der Waals surface area contributed by atoms with Gasteiger partial charge in [0, 0.05) is 23.8 Å². The molecule has 0 unspecified atom stereocenters. The molecule has 0 saturated carbocycles. The molecule has 0 aliphatic carbocycles. The van der Waals surface area contributed by atoms with E-state index in [-0.39, 0.29) is 5.41 Å². The van der Waals surface area contributed by atoms with E-state index in [0.29, 0.717) is 11.6 Å². The Kier molecular flexibility index (Phi) is 4.16. The van der Waals surface area contributed by atoms with Crippen molar-refractivity contribution in [2.75, 3.05) is 5.32 Å². The van der Waals surface area contributed by atoms with E-state index in [2.05, 4.69) is 46.8 Å². The number of anilines is 1. The van der Waals surface area contributed by atoms with Crippen molar-refractivity contribution in [2.24, 2.45) is 0 Å². The van der Waals surface area contributed by atoms with Crippen LogP contribution < -0.4 is 5.32 Å². The van der Waals surface area contributed by atoms with E-state index in [1.807, 2.05) is 37.3 Å². The summed E-state index contributed by atoms with van der Waals surface area (Å²) < 4.78 is 7.00. The van der Waals surface area contributed by atoms with Gasteiger partial charge < -0.3 is 9.84 Å². The van der Waals surface area contributed by atoms with Gasteiger partial charge in [0.1, 0.15) is 5.76 Å². The fourth-order valence-corrected chi connectivity index (χ4v) is 2.07. The molecular formula is C17H20N6O. The Balaban J connectivity index is 1.73. The minimum absolute atomic E-state index is 0.0772. The Hall–Kier alpha value is -2.96.